The molecule has 1 heteroatoms. The highest BCUT2D eigenvalue weighted by molar-refractivity contribution is 5.23. The predicted octanol–water partition coefficient (Wildman–Crippen LogP) is 1.56. The van der Waals surface area contributed by atoms with Crippen molar-refractivity contribution in [2.24, 2.45) is 16.7 Å². The van der Waals surface area contributed by atoms with Gasteiger partial charge in [0.1, 0.15) is 0 Å². The summed E-state index contributed by atoms with van der Waals surface area (Å²) in [6.07, 6.45) is 6.94. The normalized spacial score (nSPS) is 62.7. The van der Waals surface area contributed by atoms with E-state index in [0.717, 1.165) is 5.92 Å². The molecule has 3 rings (SSSR count). The molecule has 3 aliphatic rings. The molecule has 0 saturated heterocycles. The summed E-state index contributed by atoms with van der Waals surface area (Å²) in [6, 6.07) is 0. The first kappa shape index (κ1) is 5.59. The molecule has 1 N–H and O–H groups in total. The minimum absolute atomic E-state index is 0.442. The van der Waals surface area contributed by atoms with Crippen LogP contribution < -0.4 is 0 Å². The topological polar surface area (TPSA) is 20.2 Å². The summed E-state index contributed by atoms with van der Waals surface area (Å²) in [5.41, 5.74) is 1.14. The van der Waals surface area contributed by atoms with E-state index >= 15 is 0 Å². The molecule has 3 saturated carbocycles. The van der Waals surface area contributed by atoms with E-state index in [2.05, 4.69) is 0 Å². The molecule has 1 spiro atoms. The molecule has 0 aliphatic heterocycles. The molecular weight excluding hydrogens is 124 g/mol. The fraction of sp³-hybridized carbons (Fsp3) is 1.00. The second-order valence-corrected chi connectivity index (χ2v) is 4.53. The van der Waals surface area contributed by atoms with Gasteiger partial charge >= 0.3 is 0 Å². The fourth-order valence-electron chi connectivity index (χ4n) is 3.65. The first-order chi connectivity index (χ1) is 4.83. The van der Waals surface area contributed by atoms with E-state index < -0.39 is 0 Å². The third-order valence-electron chi connectivity index (χ3n) is 4.61. The van der Waals surface area contributed by atoms with Crippen LogP contribution in [0.5, 0.6) is 0 Å². The minimum atomic E-state index is 0.442. The van der Waals surface area contributed by atoms with Crippen LogP contribution in [0.3, 0.4) is 0 Å². The molecule has 0 heterocycles. The molecule has 3 atom stereocenters. The molecule has 0 bridgehead atoms. The Morgan fingerprint density at radius 1 is 1.30 bits per heavy atom. The van der Waals surface area contributed by atoms with Crippen molar-refractivity contribution in [1.82, 2.24) is 0 Å². The lowest BCUT2D eigenvalue weighted by molar-refractivity contribution is -0.0344. The maximum absolute atomic E-state index is 9.24. The molecule has 3 unspecified atom stereocenters. The van der Waals surface area contributed by atoms with Gasteiger partial charge in [-0.25, -0.2) is 0 Å². The van der Waals surface area contributed by atoms with Crippen LogP contribution in [0.2, 0.25) is 0 Å². The number of hydrogen-bond donors (Lipinski definition) is 1. The van der Waals surface area contributed by atoms with Crippen molar-refractivity contribution >= 4 is 0 Å². The van der Waals surface area contributed by atoms with Crippen LogP contribution in [-0.4, -0.2) is 11.7 Å². The van der Waals surface area contributed by atoms with Crippen LogP contribution in [-0.2, 0) is 0 Å². The van der Waals surface area contributed by atoms with Crippen LogP contribution in [0.15, 0.2) is 0 Å². The van der Waals surface area contributed by atoms with E-state index in [1.807, 2.05) is 0 Å². The van der Waals surface area contributed by atoms with Crippen molar-refractivity contribution in [3.8, 4) is 0 Å². The summed E-state index contributed by atoms with van der Waals surface area (Å²) < 4.78 is 0. The van der Waals surface area contributed by atoms with Crippen molar-refractivity contribution < 1.29 is 5.11 Å². The lowest BCUT2D eigenvalue weighted by atomic mass is 9.58. The van der Waals surface area contributed by atoms with E-state index in [-0.39, 0.29) is 0 Å². The van der Waals surface area contributed by atoms with Crippen molar-refractivity contribution in [3.05, 3.63) is 0 Å². The van der Waals surface area contributed by atoms with Gasteiger partial charge in [0.15, 0.2) is 0 Å². The van der Waals surface area contributed by atoms with Gasteiger partial charge in [-0.3, -0.25) is 0 Å². The van der Waals surface area contributed by atoms with Gasteiger partial charge in [-0.1, -0.05) is 0 Å². The van der Waals surface area contributed by atoms with Gasteiger partial charge in [0, 0.05) is 6.61 Å². The standard InChI is InChI=1S/C9H14O/c10-6-8-2-1-7-5-9(7,8)4-3-8/h7,10H,1-6H2. The summed E-state index contributed by atoms with van der Waals surface area (Å²) in [5, 5.41) is 9.24. The summed E-state index contributed by atoms with van der Waals surface area (Å²) in [5.74, 6) is 1.04. The van der Waals surface area contributed by atoms with Crippen molar-refractivity contribution in [1.29, 1.82) is 0 Å². The van der Waals surface area contributed by atoms with Gasteiger partial charge in [-0.2, -0.15) is 0 Å². The van der Waals surface area contributed by atoms with Crippen LogP contribution in [0.25, 0.3) is 0 Å². The van der Waals surface area contributed by atoms with Gasteiger partial charge < -0.3 is 5.11 Å². The van der Waals surface area contributed by atoms with Crippen LogP contribution >= 0.6 is 0 Å². The zero-order valence-corrected chi connectivity index (χ0v) is 6.27. The SMILES string of the molecule is OCC12CCC3CC31CC2. The quantitative estimate of drug-likeness (QED) is 0.583. The Morgan fingerprint density at radius 2 is 2.20 bits per heavy atom. The first-order valence-corrected chi connectivity index (χ1v) is 4.44. The monoisotopic (exact) mass is 138 g/mol. The van der Waals surface area contributed by atoms with Crippen molar-refractivity contribution in [2.45, 2.75) is 32.1 Å². The fourth-order valence-corrected chi connectivity index (χ4v) is 3.65. The summed E-state index contributed by atoms with van der Waals surface area (Å²) in [6.45, 7) is 0.476. The average Bonchev–Trinajstić information content (AvgIpc) is 2.60. The third-order valence-corrected chi connectivity index (χ3v) is 4.61. The van der Waals surface area contributed by atoms with Crippen LogP contribution in [0.1, 0.15) is 32.1 Å². The third kappa shape index (κ3) is 0.334. The molecule has 0 aromatic carbocycles. The molecule has 10 heavy (non-hydrogen) atoms. The van der Waals surface area contributed by atoms with E-state index in [1.54, 1.807) is 0 Å². The smallest absolute Gasteiger partial charge is 0.0492 e. The van der Waals surface area contributed by atoms with E-state index in [1.165, 1.54) is 32.1 Å². The Morgan fingerprint density at radius 3 is 2.50 bits per heavy atom. The van der Waals surface area contributed by atoms with Crippen LogP contribution in [0.4, 0.5) is 0 Å². The van der Waals surface area contributed by atoms with Gasteiger partial charge in [0.05, 0.1) is 0 Å². The Bertz CT molecular complexity index is 179. The molecular formula is C9H14O. The molecule has 0 amide bonds. The van der Waals surface area contributed by atoms with Crippen molar-refractivity contribution in [3.63, 3.8) is 0 Å². The van der Waals surface area contributed by atoms with Gasteiger partial charge in [0.2, 0.25) is 0 Å². The van der Waals surface area contributed by atoms with Gasteiger partial charge in [-0.15, -0.1) is 0 Å². The molecule has 1 nitrogen and oxygen atoms in total. The number of aliphatic hydroxyl groups is 1. The Labute approximate surface area is 61.4 Å². The number of aliphatic hydroxyl groups excluding tert-OH is 1. The lowest BCUT2D eigenvalue weighted by Crippen LogP contribution is -2.42. The largest absolute Gasteiger partial charge is 0.396 e. The van der Waals surface area contributed by atoms with Gasteiger partial charge in [0.25, 0.3) is 0 Å². The first-order valence-electron chi connectivity index (χ1n) is 4.44. The average molecular weight is 138 g/mol. The highest BCUT2D eigenvalue weighted by atomic mass is 16.3. The summed E-state index contributed by atoms with van der Waals surface area (Å²) >= 11 is 0. The predicted molar refractivity (Wildman–Crippen MR) is 38.5 cm³/mol. The molecule has 0 aromatic rings. The number of rotatable bonds is 1. The van der Waals surface area contributed by atoms with E-state index in [9.17, 15) is 5.11 Å². The maximum Gasteiger partial charge on any atom is 0.0492 e. The van der Waals surface area contributed by atoms with Crippen molar-refractivity contribution in [2.75, 3.05) is 6.61 Å². The molecule has 0 aromatic heterocycles. The zero-order valence-electron chi connectivity index (χ0n) is 6.27. The second-order valence-electron chi connectivity index (χ2n) is 4.53. The maximum atomic E-state index is 9.24. The second kappa shape index (κ2) is 1.29. The molecule has 3 fully saturated rings. The molecule has 56 valence electrons. The van der Waals surface area contributed by atoms with Crippen LogP contribution in [0, 0.1) is 16.7 Å². The highest BCUT2D eigenvalue weighted by Crippen LogP contribution is 2.81. The molecule has 3 aliphatic carbocycles. The lowest BCUT2D eigenvalue weighted by Gasteiger charge is -2.47. The number of hydrogen-bond acceptors (Lipinski definition) is 1. The Hall–Kier alpha value is -0.0400. The van der Waals surface area contributed by atoms with E-state index in [0.29, 0.717) is 17.4 Å². The highest BCUT2D eigenvalue weighted by Gasteiger charge is 2.74. The minimum Gasteiger partial charge on any atom is -0.396 e. The zero-order chi connectivity index (χ0) is 6.82. The Balaban J connectivity index is 1.99. The Kier molecular flexibility index (Phi) is 0.722. The van der Waals surface area contributed by atoms with Gasteiger partial charge in [-0.05, 0) is 48.9 Å². The van der Waals surface area contributed by atoms with E-state index in [4.69, 9.17) is 0 Å². The summed E-state index contributed by atoms with van der Waals surface area (Å²) in [4.78, 5) is 0. The summed E-state index contributed by atoms with van der Waals surface area (Å²) in [7, 11) is 0. The molecule has 0 radical (unpaired) electrons.